The average molecular weight is 1030 g/mol. The number of aromatic amines is 1. The second-order valence-corrected chi connectivity index (χ2v) is 20.0. The van der Waals surface area contributed by atoms with Gasteiger partial charge in [-0.15, -0.1) is 0 Å². The number of rotatable bonds is 38. The van der Waals surface area contributed by atoms with E-state index in [0.717, 1.165) is 0 Å². The molecule has 0 saturated heterocycles. The molecule has 0 bridgehead atoms. The second kappa shape index (κ2) is 33.1. The van der Waals surface area contributed by atoms with Crippen molar-refractivity contribution in [1.29, 1.82) is 0 Å². The highest BCUT2D eigenvalue weighted by Crippen LogP contribution is 2.23. The van der Waals surface area contributed by atoms with Gasteiger partial charge in [0.15, 0.2) is 29.1 Å². The van der Waals surface area contributed by atoms with E-state index in [-0.39, 0.29) is 87.7 Å². The molecule has 402 valence electrons. The van der Waals surface area contributed by atoms with Crippen LogP contribution in [0.25, 0.3) is 0 Å². The van der Waals surface area contributed by atoms with Gasteiger partial charge >= 0.3 is 0 Å². The number of phenolic OH excluding ortho intramolecular Hbond substituents is 1. The third-order valence-electron chi connectivity index (χ3n) is 12.5. The Kier molecular flexibility index (Phi) is 28.7. The number of unbranched alkanes of at least 4 members (excludes halogenated alkanes) is 1. The highest BCUT2D eigenvalue weighted by atomic mass is 32.2. The Morgan fingerprint density at radius 2 is 1.31 bits per heavy atom. The van der Waals surface area contributed by atoms with Crippen molar-refractivity contribution in [2.24, 2.45) is 57.5 Å². The number of aliphatic hydroxyl groups is 1. The molecule has 22 heteroatoms. The molecule has 1 aromatic heterocycles. The molecule has 0 radical (unpaired) electrons. The molecular formula is C50H81N11O10S. The monoisotopic (exact) mass is 1030 g/mol. The molecule has 72 heavy (non-hydrogen) atoms. The molecule has 0 aliphatic rings. The van der Waals surface area contributed by atoms with Gasteiger partial charge in [0.2, 0.25) is 23.6 Å². The lowest BCUT2D eigenvalue weighted by atomic mass is 9.88. The Balaban J connectivity index is 2.44. The van der Waals surface area contributed by atoms with Crippen LogP contribution in [-0.2, 0) is 51.2 Å². The molecule has 0 fully saturated rings. The van der Waals surface area contributed by atoms with Crippen molar-refractivity contribution in [2.45, 2.75) is 141 Å². The number of amides is 4. The maximum absolute atomic E-state index is 14.6. The molecule has 0 spiro atoms. The summed E-state index contributed by atoms with van der Waals surface area (Å²) >= 11 is 1.57. The van der Waals surface area contributed by atoms with Crippen LogP contribution in [-0.4, -0.2) is 135 Å². The van der Waals surface area contributed by atoms with Gasteiger partial charge in [-0.25, -0.2) is 4.98 Å². The number of primary amides is 1. The van der Waals surface area contributed by atoms with Crippen LogP contribution in [0.5, 0.6) is 5.75 Å². The molecule has 0 saturated carbocycles. The Morgan fingerprint density at radius 1 is 0.722 bits per heavy atom. The van der Waals surface area contributed by atoms with Gasteiger partial charge in [-0.3, -0.25) is 43.3 Å². The number of H-pyrrole nitrogens is 1. The average Bonchev–Trinajstić information content (AvgIpc) is 3.84. The number of aliphatic hydroxyl groups excluding tert-OH is 1. The van der Waals surface area contributed by atoms with Crippen LogP contribution in [0.15, 0.2) is 41.8 Å². The number of hydrogen-bond donors (Lipinski definition) is 11. The largest absolute Gasteiger partial charge is 0.508 e. The number of likely N-dealkylation sites (N-methyl/N-ethyl adjacent to an activating group) is 1. The van der Waals surface area contributed by atoms with Crippen molar-refractivity contribution in [3.63, 3.8) is 0 Å². The second-order valence-electron chi connectivity index (χ2n) is 19.0. The third-order valence-corrected chi connectivity index (χ3v) is 13.2. The Labute approximate surface area is 427 Å². The first-order valence-electron chi connectivity index (χ1n) is 24.8. The van der Waals surface area contributed by atoms with Gasteiger partial charge in [0, 0.05) is 62.4 Å². The SMILES string of the molecule is CN[C@@H](CCSC)C(=O)C[C@H](C(=O)N[C@@H](C)C(=O)C[C@@H](CCCCN)C(=O)N[C@@H](Cc1ccc(O)cc1)C(=O)C[C@@H](CCCN=C(N)N)C(=O)N[C@@H](CC(C)C)C(=O)C[C@@H](Cc1cnc[nH]1)C(N)=O)[C@@H](C)O. The van der Waals surface area contributed by atoms with Gasteiger partial charge in [-0.1, -0.05) is 32.4 Å². The highest BCUT2D eigenvalue weighted by Gasteiger charge is 2.35. The van der Waals surface area contributed by atoms with Crippen molar-refractivity contribution in [1.82, 2.24) is 31.2 Å². The molecule has 0 aliphatic heterocycles. The predicted octanol–water partition coefficient (Wildman–Crippen LogP) is 1.11. The van der Waals surface area contributed by atoms with Gasteiger partial charge in [0.05, 0.1) is 48.4 Å². The van der Waals surface area contributed by atoms with E-state index in [0.29, 0.717) is 42.8 Å². The molecule has 21 nitrogen and oxygen atoms in total. The number of aromatic hydroxyl groups is 1. The van der Waals surface area contributed by atoms with Crippen LogP contribution >= 0.6 is 11.8 Å². The molecule has 0 unspecified atom stereocenters. The standard InChI is InChI=1S/C50H81N11O10S/c1-29(2)20-40(44(66)25-35(46(52)68)22-36-27-56-28-58-36)60-48(70)34(11-9-18-57-50(53)54)24-43(65)41(21-32-12-14-37(63)15-13-32)61-47(69)33(10-7-8-17-51)23-42(64)30(3)59-49(71)38(31(4)62)26-45(67)39(55-5)16-19-72-6/h12-15,27-31,33-35,38-41,55,62-63H,7-11,16-26,51H2,1-6H3,(H2,52,68)(H,56,58)(H,59,71)(H,60,70)(H,61,69)(H4,53,54,57)/t30-,31+,33+,34+,35+,38-,39-,40-,41-/m0/s1. The number of nitrogens with one attached hydrogen (secondary N) is 5. The molecule has 2 aromatic rings. The molecule has 1 aromatic carbocycles. The fraction of sp³-hybridized carbons (Fsp3) is 0.640. The molecule has 9 atom stereocenters. The molecule has 4 amide bonds. The summed E-state index contributed by atoms with van der Waals surface area (Å²) in [5.74, 6) is -8.00. The van der Waals surface area contributed by atoms with Gasteiger partial charge < -0.3 is 59.4 Å². The van der Waals surface area contributed by atoms with Crippen molar-refractivity contribution in [3.05, 3.63) is 48.0 Å². The van der Waals surface area contributed by atoms with Crippen LogP contribution < -0.4 is 44.2 Å². The van der Waals surface area contributed by atoms with Crippen LogP contribution in [0.4, 0.5) is 0 Å². The summed E-state index contributed by atoms with van der Waals surface area (Å²) in [6.07, 6.45) is 4.75. The minimum atomic E-state index is -1.24. The number of benzene rings is 1. The highest BCUT2D eigenvalue weighted by molar-refractivity contribution is 7.98. The minimum Gasteiger partial charge on any atom is -0.508 e. The summed E-state index contributed by atoms with van der Waals surface area (Å²) in [7, 11) is 1.65. The summed E-state index contributed by atoms with van der Waals surface area (Å²) in [4.78, 5) is 121. The van der Waals surface area contributed by atoms with E-state index in [9.17, 15) is 48.6 Å². The molecule has 0 aliphatic carbocycles. The van der Waals surface area contributed by atoms with E-state index >= 15 is 0 Å². The Hall–Kier alpha value is -5.71. The Morgan fingerprint density at radius 3 is 1.85 bits per heavy atom. The zero-order chi connectivity index (χ0) is 53.9. The maximum atomic E-state index is 14.6. The number of ketones is 4. The summed E-state index contributed by atoms with van der Waals surface area (Å²) in [5.41, 5.74) is 23.8. The number of phenols is 1. The van der Waals surface area contributed by atoms with Crippen molar-refractivity contribution in [3.8, 4) is 5.75 Å². The number of carbonyl (C=O) groups is 8. The van der Waals surface area contributed by atoms with Crippen molar-refractivity contribution < 1.29 is 48.6 Å². The maximum Gasteiger partial charge on any atom is 0.226 e. The van der Waals surface area contributed by atoms with E-state index in [1.807, 2.05) is 20.1 Å². The summed E-state index contributed by atoms with van der Waals surface area (Å²) in [6.45, 7) is 7.03. The quantitative estimate of drug-likeness (QED) is 0.0255. The fourth-order valence-corrected chi connectivity index (χ4v) is 8.71. The smallest absolute Gasteiger partial charge is 0.226 e. The number of aliphatic imine (C=N–C) groups is 1. The zero-order valence-electron chi connectivity index (χ0n) is 42.8. The number of nitrogens with two attached hydrogens (primary N) is 4. The third kappa shape index (κ3) is 23.2. The number of thioether (sulfide) groups is 1. The van der Waals surface area contributed by atoms with Crippen LogP contribution in [0, 0.1) is 29.6 Å². The minimum absolute atomic E-state index is 0.0310. The molecule has 1 heterocycles. The summed E-state index contributed by atoms with van der Waals surface area (Å²) in [5, 5.41) is 31.8. The normalized spacial score (nSPS) is 15.1. The first-order valence-corrected chi connectivity index (χ1v) is 26.2. The predicted molar refractivity (Wildman–Crippen MR) is 277 cm³/mol. The number of Topliss-reactive ketones (excluding diaryl/α,β-unsaturated/α-hetero) is 4. The van der Waals surface area contributed by atoms with Crippen LogP contribution in [0.3, 0.4) is 0 Å². The molecule has 2 rings (SSSR count). The zero-order valence-corrected chi connectivity index (χ0v) is 43.6. The van der Waals surface area contributed by atoms with Gasteiger partial charge in [-0.05, 0) is 108 Å². The first-order chi connectivity index (χ1) is 34.1. The van der Waals surface area contributed by atoms with E-state index in [1.165, 1.54) is 38.5 Å². The summed E-state index contributed by atoms with van der Waals surface area (Å²) < 4.78 is 0. The number of hydrogen-bond acceptors (Lipinski definition) is 15. The first kappa shape index (κ1) is 62.4. The van der Waals surface area contributed by atoms with E-state index < -0.39 is 101 Å². The lowest BCUT2D eigenvalue weighted by molar-refractivity contribution is -0.137. The number of nitrogens with zero attached hydrogens (tertiary/aromatic N) is 2. The topological polar surface area (TPSA) is 370 Å². The number of guanidine groups is 1. The van der Waals surface area contributed by atoms with Crippen LogP contribution in [0.1, 0.15) is 110 Å². The van der Waals surface area contributed by atoms with Crippen LogP contribution in [0.2, 0.25) is 0 Å². The fourth-order valence-electron chi connectivity index (χ4n) is 8.24. The van der Waals surface area contributed by atoms with Crippen molar-refractivity contribution >= 4 is 64.5 Å². The lowest BCUT2D eigenvalue weighted by Crippen LogP contribution is -2.49. The number of aromatic nitrogens is 2. The number of carbonyl (C=O) groups excluding carboxylic acids is 8. The van der Waals surface area contributed by atoms with E-state index in [2.05, 4.69) is 36.2 Å². The van der Waals surface area contributed by atoms with E-state index in [1.54, 1.807) is 30.9 Å². The number of imidazole rings is 1. The van der Waals surface area contributed by atoms with E-state index in [4.69, 9.17) is 22.9 Å². The summed E-state index contributed by atoms with van der Waals surface area (Å²) in [6, 6.07) is 2.10. The molecular weight excluding hydrogens is 947 g/mol. The molecule has 15 N–H and O–H groups in total. The van der Waals surface area contributed by atoms with Crippen molar-refractivity contribution in [2.75, 3.05) is 32.1 Å². The van der Waals surface area contributed by atoms with Gasteiger partial charge in [0.1, 0.15) is 5.75 Å². The Bertz CT molecular complexity index is 2070. The van der Waals surface area contributed by atoms with Gasteiger partial charge in [-0.2, -0.15) is 11.8 Å². The van der Waals surface area contributed by atoms with Gasteiger partial charge in [0.25, 0.3) is 0 Å². The lowest BCUT2D eigenvalue weighted by Gasteiger charge is -2.27.